The molecule has 0 fully saturated rings. The number of benzene rings is 2. The second kappa shape index (κ2) is 5.20. The van der Waals surface area contributed by atoms with Gasteiger partial charge in [0.1, 0.15) is 0 Å². The highest BCUT2D eigenvalue weighted by Gasteiger charge is 2.36. The molecule has 2 aromatic carbocycles. The van der Waals surface area contributed by atoms with Gasteiger partial charge in [-0.25, -0.2) is 9.59 Å². The minimum atomic E-state index is -0.590. The SMILES string of the molecule is Cc1cccc(C2=C(c3cn(C)c4ccccc34)C(=O)OC2=O)c1. The number of aryl methyl sites for hydroxylation is 2. The minimum absolute atomic E-state index is 0.333. The standard InChI is InChI=1S/C20H15NO3/c1-12-6-5-7-13(10-12)17-18(20(23)24-19(17)22)15-11-21(2)16-9-4-3-8-14(15)16/h3-11H,1-2H3. The van der Waals surface area contributed by atoms with Crippen LogP contribution in [0.25, 0.3) is 22.0 Å². The zero-order valence-electron chi connectivity index (χ0n) is 13.4. The molecule has 0 saturated carbocycles. The maximum atomic E-state index is 12.4. The Morgan fingerprint density at radius 1 is 0.917 bits per heavy atom. The van der Waals surface area contributed by atoms with Crippen LogP contribution in [0.4, 0.5) is 0 Å². The first-order chi connectivity index (χ1) is 11.6. The van der Waals surface area contributed by atoms with Crippen LogP contribution >= 0.6 is 0 Å². The first kappa shape index (κ1) is 14.5. The van der Waals surface area contributed by atoms with E-state index < -0.39 is 11.9 Å². The van der Waals surface area contributed by atoms with Gasteiger partial charge in [-0.2, -0.15) is 0 Å². The number of cyclic esters (lactones) is 2. The molecule has 3 aromatic rings. The average molecular weight is 317 g/mol. The third-order valence-electron chi connectivity index (χ3n) is 4.32. The van der Waals surface area contributed by atoms with Crippen LogP contribution in [0.15, 0.2) is 54.7 Å². The van der Waals surface area contributed by atoms with Crippen LogP contribution in [0.1, 0.15) is 16.7 Å². The van der Waals surface area contributed by atoms with E-state index in [0.29, 0.717) is 16.7 Å². The van der Waals surface area contributed by atoms with Gasteiger partial charge in [-0.3, -0.25) is 0 Å². The van der Waals surface area contributed by atoms with E-state index in [0.717, 1.165) is 22.0 Å². The zero-order valence-corrected chi connectivity index (χ0v) is 13.4. The largest absolute Gasteiger partial charge is 0.386 e. The van der Waals surface area contributed by atoms with Crippen molar-refractivity contribution in [3.63, 3.8) is 0 Å². The lowest BCUT2D eigenvalue weighted by Gasteiger charge is -2.03. The van der Waals surface area contributed by atoms with Gasteiger partial charge < -0.3 is 9.30 Å². The van der Waals surface area contributed by atoms with E-state index in [1.807, 2.05) is 73.3 Å². The predicted molar refractivity (Wildman–Crippen MR) is 92.0 cm³/mol. The van der Waals surface area contributed by atoms with E-state index in [2.05, 4.69) is 0 Å². The average Bonchev–Trinajstić information content (AvgIpc) is 3.04. The molecule has 0 aliphatic carbocycles. The summed E-state index contributed by atoms with van der Waals surface area (Å²) in [5.41, 5.74) is 4.11. The van der Waals surface area contributed by atoms with E-state index in [4.69, 9.17) is 4.74 Å². The van der Waals surface area contributed by atoms with Crippen LogP contribution in [0.5, 0.6) is 0 Å². The number of rotatable bonds is 2. The lowest BCUT2D eigenvalue weighted by Crippen LogP contribution is -2.02. The molecule has 1 aliphatic rings. The molecular formula is C20H15NO3. The molecule has 0 N–H and O–H groups in total. The predicted octanol–water partition coefficient (Wildman–Crippen LogP) is 3.48. The number of carbonyl (C=O) groups excluding carboxylic acids is 2. The fraction of sp³-hybridized carbons (Fsp3) is 0.100. The molecule has 1 aliphatic heterocycles. The number of aromatic nitrogens is 1. The topological polar surface area (TPSA) is 48.3 Å². The molecule has 1 aromatic heterocycles. The van der Waals surface area contributed by atoms with Crippen molar-refractivity contribution in [2.75, 3.05) is 0 Å². The Morgan fingerprint density at radius 2 is 1.67 bits per heavy atom. The van der Waals surface area contributed by atoms with Crippen molar-refractivity contribution in [3.8, 4) is 0 Å². The first-order valence-corrected chi connectivity index (χ1v) is 7.68. The van der Waals surface area contributed by atoms with Gasteiger partial charge in [0.05, 0.1) is 11.1 Å². The van der Waals surface area contributed by atoms with Gasteiger partial charge in [0, 0.05) is 29.7 Å². The number of hydrogen-bond donors (Lipinski definition) is 0. The highest BCUT2D eigenvalue weighted by Crippen LogP contribution is 2.37. The van der Waals surface area contributed by atoms with Crippen molar-refractivity contribution in [2.45, 2.75) is 6.92 Å². The van der Waals surface area contributed by atoms with Crippen LogP contribution in [0, 0.1) is 6.92 Å². The molecule has 0 saturated heterocycles. The Balaban J connectivity index is 2.05. The third-order valence-corrected chi connectivity index (χ3v) is 4.32. The number of fused-ring (bicyclic) bond motifs is 1. The molecule has 0 amide bonds. The molecule has 0 unspecified atom stereocenters. The highest BCUT2D eigenvalue weighted by molar-refractivity contribution is 6.45. The van der Waals surface area contributed by atoms with Gasteiger partial charge in [-0.1, -0.05) is 48.0 Å². The van der Waals surface area contributed by atoms with Gasteiger partial charge in [-0.05, 0) is 18.6 Å². The lowest BCUT2D eigenvalue weighted by molar-refractivity contribution is -0.149. The zero-order chi connectivity index (χ0) is 16.8. The summed E-state index contributed by atoms with van der Waals surface area (Å²) in [5, 5.41) is 0.923. The van der Waals surface area contributed by atoms with E-state index in [1.165, 1.54) is 0 Å². The Kier molecular flexibility index (Phi) is 3.13. The Hall–Kier alpha value is -3.14. The van der Waals surface area contributed by atoms with E-state index in [9.17, 15) is 9.59 Å². The molecule has 2 heterocycles. The second-order valence-corrected chi connectivity index (χ2v) is 5.97. The highest BCUT2D eigenvalue weighted by atomic mass is 16.6. The summed E-state index contributed by atoms with van der Waals surface area (Å²) in [7, 11) is 1.92. The number of ether oxygens (including phenoxy) is 1. The smallest absolute Gasteiger partial charge is 0.347 e. The van der Waals surface area contributed by atoms with Crippen LogP contribution < -0.4 is 0 Å². The fourth-order valence-corrected chi connectivity index (χ4v) is 3.24. The molecule has 4 heteroatoms. The summed E-state index contributed by atoms with van der Waals surface area (Å²) in [6.45, 7) is 1.95. The van der Waals surface area contributed by atoms with Gasteiger partial charge >= 0.3 is 11.9 Å². The number of esters is 2. The quantitative estimate of drug-likeness (QED) is 0.537. The van der Waals surface area contributed by atoms with Crippen molar-refractivity contribution in [3.05, 3.63) is 71.4 Å². The Bertz CT molecular complexity index is 1040. The third kappa shape index (κ3) is 2.07. The number of carbonyl (C=O) groups is 2. The molecule has 0 bridgehead atoms. The Labute approximate surface area is 139 Å². The second-order valence-electron chi connectivity index (χ2n) is 5.97. The molecule has 4 nitrogen and oxygen atoms in total. The number of hydrogen-bond acceptors (Lipinski definition) is 3. The summed E-state index contributed by atoms with van der Waals surface area (Å²) < 4.78 is 6.88. The van der Waals surface area contributed by atoms with Crippen molar-refractivity contribution in [1.82, 2.24) is 4.57 Å². The molecule has 0 atom stereocenters. The number of nitrogens with zero attached hydrogens (tertiary/aromatic N) is 1. The van der Waals surface area contributed by atoms with Crippen LogP contribution in [0.3, 0.4) is 0 Å². The molecule has 0 spiro atoms. The molecule has 24 heavy (non-hydrogen) atoms. The van der Waals surface area contributed by atoms with Crippen molar-refractivity contribution in [2.24, 2.45) is 7.05 Å². The van der Waals surface area contributed by atoms with Gasteiger partial charge in [-0.15, -0.1) is 0 Å². The monoisotopic (exact) mass is 317 g/mol. The maximum Gasteiger partial charge on any atom is 0.347 e. The van der Waals surface area contributed by atoms with Gasteiger partial charge in [0.2, 0.25) is 0 Å². The minimum Gasteiger partial charge on any atom is -0.386 e. The van der Waals surface area contributed by atoms with E-state index in [-0.39, 0.29) is 0 Å². The fourth-order valence-electron chi connectivity index (χ4n) is 3.24. The first-order valence-electron chi connectivity index (χ1n) is 7.68. The summed E-state index contributed by atoms with van der Waals surface area (Å²) in [6, 6.07) is 15.3. The molecular weight excluding hydrogens is 302 g/mol. The summed E-state index contributed by atoms with van der Waals surface area (Å²) in [6.07, 6.45) is 1.87. The summed E-state index contributed by atoms with van der Waals surface area (Å²) >= 11 is 0. The van der Waals surface area contributed by atoms with Crippen molar-refractivity contribution >= 4 is 34.0 Å². The lowest BCUT2D eigenvalue weighted by atomic mass is 9.95. The Morgan fingerprint density at radius 3 is 2.46 bits per heavy atom. The van der Waals surface area contributed by atoms with Crippen molar-refractivity contribution in [1.29, 1.82) is 0 Å². The normalized spacial score (nSPS) is 14.6. The number of para-hydroxylation sites is 1. The molecule has 4 rings (SSSR count). The van der Waals surface area contributed by atoms with Gasteiger partial charge in [0.15, 0.2) is 0 Å². The maximum absolute atomic E-state index is 12.4. The molecule has 0 radical (unpaired) electrons. The van der Waals surface area contributed by atoms with Crippen LogP contribution in [-0.4, -0.2) is 16.5 Å². The van der Waals surface area contributed by atoms with Crippen molar-refractivity contribution < 1.29 is 14.3 Å². The van der Waals surface area contributed by atoms with E-state index in [1.54, 1.807) is 0 Å². The van der Waals surface area contributed by atoms with Crippen LogP contribution in [-0.2, 0) is 21.4 Å². The van der Waals surface area contributed by atoms with E-state index >= 15 is 0 Å². The van der Waals surface area contributed by atoms with Gasteiger partial charge in [0.25, 0.3) is 0 Å². The summed E-state index contributed by atoms with van der Waals surface area (Å²) in [4.78, 5) is 24.7. The molecule has 118 valence electrons. The van der Waals surface area contributed by atoms with Crippen LogP contribution in [0.2, 0.25) is 0 Å². The summed E-state index contributed by atoms with van der Waals surface area (Å²) in [5.74, 6) is -1.18.